The fourth-order valence-corrected chi connectivity index (χ4v) is 1.40. The highest BCUT2D eigenvalue weighted by molar-refractivity contribution is 5.09. The molecule has 0 aliphatic carbocycles. The minimum atomic E-state index is -0.287. The normalized spacial score (nSPS) is 11.1. The number of aromatic nitrogens is 1. The lowest BCUT2D eigenvalue weighted by Crippen LogP contribution is -2.17. The molecule has 1 N–H and O–H groups in total. The molecule has 0 bridgehead atoms. The Morgan fingerprint density at radius 1 is 1.41 bits per heavy atom. The molecule has 0 atom stereocenters. The fraction of sp³-hybridized carbons (Fsp3) is 0.615. The number of pyridine rings is 1. The van der Waals surface area contributed by atoms with Crippen LogP contribution in [0.4, 0.5) is 4.39 Å². The Kier molecular flexibility index (Phi) is 6.74. The van der Waals surface area contributed by atoms with Crippen molar-refractivity contribution in [1.82, 2.24) is 10.3 Å². The second-order valence-electron chi connectivity index (χ2n) is 4.51. The quantitative estimate of drug-likeness (QED) is 0.708. The lowest BCUT2D eigenvalue weighted by Gasteiger charge is -2.07. The van der Waals surface area contributed by atoms with E-state index in [0.717, 1.165) is 31.7 Å². The monoisotopic (exact) mass is 240 g/mol. The van der Waals surface area contributed by atoms with Crippen molar-refractivity contribution >= 4 is 0 Å². The van der Waals surface area contributed by atoms with Crippen molar-refractivity contribution in [3.8, 4) is 0 Å². The largest absolute Gasteiger partial charge is 0.381 e. The average molecular weight is 240 g/mol. The maximum Gasteiger partial charge on any atom is 0.141 e. The van der Waals surface area contributed by atoms with Crippen LogP contribution < -0.4 is 5.32 Å². The van der Waals surface area contributed by atoms with Crippen molar-refractivity contribution in [2.75, 3.05) is 19.8 Å². The average Bonchev–Trinajstić information content (AvgIpc) is 2.27. The smallest absolute Gasteiger partial charge is 0.141 e. The van der Waals surface area contributed by atoms with Crippen molar-refractivity contribution in [2.24, 2.45) is 5.92 Å². The summed E-state index contributed by atoms with van der Waals surface area (Å²) in [7, 11) is 0. The SMILES string of the molecule is CC(C)COCCCNCc1cncc(F)c1. The highest BCUT2D eigenvalue weighted by Crippen LogP contribution is 2.00. The molecule has 0 saturated carbocycles. The summed E-state index contributed by atoms with van der Waals surface area (Å²) < 4.78 is 18.3. The molecule has 0 aliphatic rings. The minimum absolute atomic E-state index is 0.287. The first kappa shape index (κ1) is 14.1. The molecule has 96 valence electrons. The van der Waals surface area contributed by atoms with E-state index in [9.17, 15) is 4.39 Å². The first-order chi connectivity index (χ1) is 8.18. The first-order valence-corrected chi connectivity index (χ1v) is 6.06. The van der Waals surface area contributed by atoms with Gasteiger partial charge in [-0.15, -0.1) is 0 Å². The molecular weight excluding hydrogens is 219 g/mol. The van der Waals surface area contributed by atoms with Crippen LogP contribution in [0.2, 0.25) is 0 Å². The lowest BCUT2D eigenvalue weighted by atomic mass is 10.2. The first-order valence-electron chi connectivity index (χ1n) is 6.06. The molecule has 1 rings (SSSR count). The molecule has 0 fully saturated rings. The van der Waals surface area contributed by atoms with Gasteiger partial charge < -0.3 is 10.1 Å². The Morgan fingerprint density at radius 2 is 2.24 bits per heavy atom. The van der Waals surface area contributed by atoms with Crippen molar-refractivity contribution in [3.05, 3.63) is 29.8 Å². The van der Waals surface area contributed by atoms with E-state index >= 15 is 0 Å². The summed E-state index contributed by atoms with van der Waals surface area (Å²) in [6.45, 7) is 7.37. The molecule has 0 amide bonds. The molecule has 0 aliphatic heterocycles. The highest BCUT2D eigenvalue weighted by Gasteiger charge is 1.96. The van der Waals surface area contributed by atoms with Gasteiger partial charge in [0.2, 0.25) is 0 Å². The van der Waals surface area contributed by atoms with Gasteiger partial charge in [0, 0.05) is 26.0 Å². The van der Waals surface area contributed by atoms with E-state index in [1.54, 1.807) is 6.20 Å². The summed E-state index contributed by atoms with van der Waals surface area (Å²) in [4.78, 5) is 3.79. The molecule has 17 heavy (non-hydrogen) atoms. The Morgan fingerprint density at radius 3 is 2.94 bits per heavy atom. The van der Waals surface area contributed by atoms with Crippen molar-refractivity contribution < 1.29 is 9.13 Å². The Balaban J connectivity index is 2.01. The predicted molar refractivity (Wildman–Crippen MR) is 66.2 cm³/mol. The van der Waals surface area contributed by atoms with Gasteiger partial charge in [0.15, 0.2) is 0 Å². The molecule has 3 nitrogen and oxygen atoms in total. The second-order valence-corrected chi connectivity index (χ2v) is 4.51. The number of halogens is 1. The number of hydrogen-bond acceptors (Lipinski definition) is 3. The van der Waals surface area contributed by atoms with Crippen LogP contribution in [-0.4, -0.2) is 24.7 Å². The van der Waals surface area contributed by atoms with Gasteiger partial charge in [0.25, 0.3) is 0 Å². The Hall–Kier alpha value is -1.00. The molecule has 1 aromatic rings. The van der Waals surface area contributed by atoms with Crippen LogP contribution in [0.15, 0.2) is 18.5 Å². The maximum atomic E-state index is 12.8. The van der Waals surface area contributed by atoms with Crippen LogP contribution in [0.25, 0.3) is 0 Å². The Labute approximate surface area is 102 Å². The topological polar surface area (TPSA) is 34.1 Å². The van der Waals surface area contributed by atoms with E-state index in [1.165, 1.54) is 12.3 Å². The zero-order valence-corrected chi connectivity index (χ0v) is 10.6. The van der Waals surface area contributed by atoms with Gasteiger partial charge in [-0.2, -0.15) is 0 Å². The van der Waals surface area contributed by atoms with Gasteiger partial charge in [-0.25, -0.2) is 4.39 Å². The Bertz CT molecular complexity index is 318. The molecule has 0 spiro atoms. The van der Waals surface area contributed by atoms with Gasteiger partial charge in [-0.1, -0.05) is 13.8 Å². The van der Waals surface area contributed by atoms with Crippen molar-refractivity contribution in [3.63, 3.8) is 0 Å². The number of rotatable bonds is 8. The third-order valence-electron chi connectivity index (χ3n) is 2.18. The molecule has 0 unspecified atom stereocenters. The number of ether oxygens (including phenoxy) is 1. The summed E-state index contributed by atoms with van der Waals surface area (Å²) in [6.07, 6.45) is 3.85. The standard InChI is InChI=1S/C13H21FN2O/c1-11(2)10-17-5-3-4-15-7-12-6-13(14)9-16-8-12/h6,8-9,11,15H,3-5,7,10H2,1-2H3. The van der Waals surface area contributed by atoms with Gasteiger partial charge in [-0.05, 0) is 30.5 Å². The third-order valence-corrected chi connectivity index (χ3v) is 2.18. The fourth-order valence-electron chi connectivity index (χ4n) is 1.40. The van der Waals surface area contributed by atoms with Crippen molar-refractivity contribution in [2.45, 2.75) is 26.8 Å². The van der Waals surface area contributed by atoms with Crippen LogP contribution in [0.3, 0.4) is 0 Å². The van der Waals surface area contributed by atoms with E-state index < -0.39 is 0 Å². The summed E-state index contributed by atoms with van der Waals surface area (Å²) >= 11 is 0. The number of nitrogens with one attached hydrogen (secondary N) is 1. The minimum Gasteiger partial charge on any atom is -0.381 e. The van der Waals surface area contributed by atoms with Gasteiger partial charge in [-0.3, -0.25) is 4.98 Å². The zero-order valence-electron chi connectivity index (χ0n) is 10.6. The molecule has 1 heterocycles. The van der Waals surface area contributed by atoms with E-state index in [4.69, 9.17) is 4.74 Å². The van der Waals surface area contributed by atoms with Crippen LogP contribution in [-0.2, 0) is 11.3 Å². The van der Waals surface area contributed by atoms with Crippen LogP contribution in [0.1, 0.15) is 25.8 Å². The molecule has 0 aromatic carbocycles. The van der Waals surface area contributed by atoms with Crippen LogP contribution >= 0.6 is 0 Å². The van der Waals surface area contributed by atoms with Crippen LogP contribution in [0, 0.1) is 11.7 Å². The molecule has 1 aromatic heterocycles. The molecule has 4 heteroatoms. The van der Waals surface area contributed by atoms with E-state index in [-0.39, 0.29) is 5.82 Å². The lowest BCUT2D eigenvalue weighted by molar-refractivity contribution is 0.108. The summed E-state index contributed by atoms with van der Waals surface area (Å²) in [5.74, 6) is 0.297. The molecule has 0 radical (unpaired) electrons. The van der Waals surface area contributed by atoms with Gasteiger partial charge in [0.05, 0.1) is 6.20 Å². The third kappa shape index (κ3) is 7.02. The summed E-state index contributed by atoms with van der Waals surface area (Å²) in [6, 6.07) is 1.50. The van der Waals surface area contributed by atoms with Crippen LogP contribution in [0.5, 0.6) is 0 Å². The van der Waals surface area contributed by atoms with Gasteiger partial charge >= 0.3 is 0 Å². The van der Waals surface area contributed by atoms with E-state index in [1.807, 2.05) is 0 Å². The van der Waals surface area contributed by atoms with E-state index in [0.29, 0.717) is 12.5 Å². The predicted octanol–water partition coefficient (Wildman–Crippen LogP) is 2.37. The maximum absolute atomic E-state index is 12.8. The zero-order chi connectivity index (χ0) is 12.5. The van der Waals surface area contributed by atoms with Gasteiger partial charge in [0.1, 0.15) is 5.82 Å². The molecule has 0 saturated heterocycles. The second kappa shape index (κ2) is 8.14. The van der Waals surface area contributed by atoms with E-state index in [2.05, 4.69) is 24.1 Å². The summed E-state index contributed by atoms with van der Waals surface area (Å²) in [5.41, 5.74) is 0.869. The number of nitrogens with zero attached hydrogens (tertiary/aromatic N) is 1. The molecular formula is C13H21FN2O. The highest BCUT2D eigenvalue weighted by atomic mass is 19.1. The summed E-state index contributed by atoms with van der Waals surface area (Å²) in [5, 5.41) is 3.23. The number of hydrogen-bond donors (Lipinski definition) is 1. The van der Waals surface area contributed by atoms with Crippen molar-refractivity contribution in [1.29, 1.82) is 0 Å².